The van der Waals surface area contributed by atoms with Gasteiger partial charge in [0.1, 0.15) is 0 Å². The molecule has 1 amide bonds. The van der Waals surface area contributed by atoms with Gasteiger partial charge >= 0.3 is 0 Å². The molecule has 0 spiro atoms. The fourth-order valence-electron chi connectivity index (χ4n) is 1.82. The number of aryl methyl sites for hydroxylation is 1. The fraction of sp³-hybridized carbons (Fsp3) is 0.231. The zero-order valence-electron chi connectivity index (χ0n) is 10.8. The van der Waals surface area contributed by atoms with Crippen LogP contribution in [0.3, 0.4) is 0 Å². The first-order valence-corrected chi connectivity index (χ1v) is 6.87. The molecule has 0 radical (unpaired) electrons. The van der Waals surface area contributed by atoms with Crippen LogP contribution in [-0.4, -0.2) is 16.1 Å². The molecule has 106 valence electrons. The van der Waals surface area contributed by atoms with Crippen molar-refractivity contribution in [2.24, 2.45) is 0 Å². The van der Waals surface area contributed by atoms with E-state index in [4.69, 9.17) is 28.9 Å². The fourth-order valence-corrected chi connectivity index (χ4v) is 2.34. The predicted octanol–water partition coefficient (Wildman–Crippen LogP) is 3.50. The number of nitrogens with one attached hydrogen (secondary N) is 2. The highest BCUT2D eigenvalue weighted by molar-refractivity contribution is 6.35. The summed E-state index contributed by atoms with van der Waals surface area (Å²) in [7, 11) is 0. The van der Waals surface area contributed by atoms with Crippen molar-refractivity contribution in [2.45, 2.75) is 19.8 Å². The van der Waals surface area contributed by atoms with Gasteiger partial charge in [-0.25, -0.2) is 0 Å². The van der Waals surface area contributed by atoms with Gasteiger partial charge in [0.2, 0.25) is 0 Å². The Morgan fingerprint density at radius 3 is 2.60 bits per heavy atom. The molecule has 1 heterocycles. The average molecular weight is 313 g/mol. The first kappa shape index (κ1) is 14.7. The molecule has 0 bridgehead atoms. The van der Waals surface area contributed by atoms with Gasteiger partial charge in [0.25, 0.3) is 5.91 Å². The lowest BCUT2D eigenvalue weighted by molar-refractivity contribution is 0.102. The molecule has 20 heavy (non-hydrogen) atoms. The van der Waals surface area contributed by atoms with Crippen LogP contribution < -0.4 is 11.1 Å². The van der Waals surface area contributed by atoms with Gasteiger partial charge in [-0.2, -0.15) is 5.10 Å². The third-order valence-corrected chi connectivity index (χ3v) is 3.15. The highest BCUT2D eigenvalue weighted by Gasteiger charge is 2.17. The van der Waals surface area contributed by atoms with Crippen LogP contribution in [0.4, 0.5) is 11.4 Å². The maximum atomic E-state index is 12.1. The number of nitrogens with zero attached hydrogens (tertiary/aromatic N) is 1. The summed E-state index contributed by atoms with van der Waals surface area (Å²) < 4.78 is 0. The summed E-state index contributed by atoms with van der Waals surface area (Å²) in [5.41, 5.74) is 7.70. The van der Waals surface area contributed by atoms with E-state index in [9.17, 15) is 4.79 Å². The van der Waals surface area contributed by atoms with Gasteiger partial charge in [0.15, 0.2) is 5.69 Å². The first-order chi connectivity index (χ1) is 9.51. The number of aromatic amines is 1. The topological polar surface area (TPSA) is 83.8 Å². The Hall–Kier alpha value is -1.72. The standard InChI is InChI=1S/C13H14Cl2N4O/c1-2-3-10-11(16)12(19-18-10)13(20)17-9-5-7(14)4-8(15)6-9/h4-6H,2-3,16H2,1H3,(H,17,20)(H,18,19). The van der Waals surface area contributed by atoms with Crippen molar-refractivity contribution in [1.82, 2.24) is 10.2 Å². The SMILES string of the molecule is CCCc1[nH]nc(C(=O)Nc2cc(Cl)cc(Cl)c2)c1N. The number of H-pyrrole nitrogens is 1. The monoisotopic (exact) mass is 312 g/mol. The molecule has 2 aromatic rings. The van der Waals surface area contributed by atoms with Gasteiger partial charge in [-0.05, 0) is 24.6 Å². The molecular formula is C13H14Cl2N4O. The maximum Gasteiger partial charge on any atom is 0.278 e. The molecule has 4 N–H and O–H groups in total. The van der Waals surface area contributed by atoms with Gasteiger partial charge < -0.3 is 11.1 Å². The van der Waals surface area contributed by atoms with Gasteiger partial charge in [-0.1, -0.05) is 36.5 Å². The lowest BCUT2D eigenvalue weighted by atomic mass is 10.2. The van der Waals surface area contributed by atoms with Crippen molar-refractivity contribution in [1.29, 1.82) is 0 Å². The molecular weight excluding hydrogens is 299 g/mol. The van der Waals surface area contributed by atoms with Crippen molar-refractivity contribution in [3.05, 3.63) is 39.6 Å². The number of amides is 1. The van der Waals surface area contributed by atoms with E-state index in [0.717, 1.165) is 18.5 Å². The Bertz CT molecular complexity index is 619. The van der Waals surface area contributed by atoms with Gasteiger partial charge in [0, 0.05) is 15.7 Å². The molecule has 1 aromatic heterocycles. The van der Waals surface area contributed by atoms with E-state index in [-0.39, 0.29) is 5.69 Å². The summed E-state index contributed by atoms with van der Waals surface area (Å²) >= 11 is 11.7. The minimum atomic E-state index is -0.403. The normalized spacial score (nSPS) is 10.6. The molecule has 1 aromatic carbocycles. The number of rotatable bonds is 4. The van der Waals surface area contributed by atoms with E-state index in [1.807, 2.05) is 6.92 Å². The number of hydrogen-bond acceptors (Lipinski definition) is 3. The van der Waals surface area contributed by atoms with Crippen molar-refractivity contribution in [3.8, 4) is 0 Å². The number of benzene rings is 1. The predicted molar refractivity (Wildman–Crippen MR) is 81.4 cm³/mol. The summed E-state index contributed by atoms with van der Waals surface area (Å²) in [5, 5.41) is 10.3. The zero-order chi connectivity index (χ0) is 14.7. The summed E-state index contributed by atoms with van der Waals surface area (Å²) in [6.07, 6.45) is 1.66. The van der Waals surface area contributed by atoms with Crippen molar-refractivity contribution < 1.29 is 4.79 Å². The lowest BCUT2D eigenvalue weighted by Gasteiger charge is -2.05. The number of nitrogens with two attached hydrogens (primary N) is 1. The lowest BCUT2D eigenvalue weighted by Crippen LogP contribution is -2.14. The highest BCUT2D eigenvalue weighted by Crippen LogP contribution is 2.23. The highest BCUT2D eigenvalue weighted by atomic mass is 35.5. The van der Waals surface area contributed by atoms with Crippen LogP contribution in [0.2, 0.25) is 10.0 Å². The third-order valence-electron chi connectivity index (χ3n) is 2.72. The van der Waals surface area contributed by atoms with E-state index in [1.54, 1.807) is 18.2 Å². The van der Waals surface area contributed by atoms with E-state index >= 15 is 0 Å². The number of carbonyl (C=O) groups excluding carboxylic acids is 1. The number of halogens is 2. The molecule has 2 rings (SSSR count). The van der Waals surface area contributed by atoms with E-state index in [1.165, 1.54) is 0 Å². The second kappa shape index (κ2) is 6.15. The van der Waals surface area contributed by atoms with Crippen molar-refractivity contribution >= 4 is 40.5 Å². The number of nitrogen functional groups attached to an aromatic ring is 1. The summed E-state index contributed by atoms with van der Waals surface area (Å²) in [4.78, 5) is 12.1. The van der Waals surface area contributed by atoms with Crippen molar-refractivity contribution in [3.63, 3.8) is 0 Å². The number of carbonyl (C=O) groups is 1. The molecule has 5 nitrogen and oxygen atoms in total. The quantitative estimate of drug-likeness (QED) is 0.807. The molecule has 0 atom stereocenters. The summed E-state index contributed by atoms with van der Waals surface area (Å²) in [6, 6.07) is 4.78. The minimum Gasteiger partial charge on any atom is -0.395 e. The molecule has 0 aliphatic carbocycles. The largest absolute Gasteiger partial charge is 0.395 e. The molecule has 0 aliphatic heterocycles. The first-order valence-electron chi connectivity index (χ1n) is 6.11. The number of hydrogen-bond donors (Lipinski definition) is 3. The zero-order valence-corrected chi connectivity index (χ0v) is 12.3. The van der Waals surface area contributed by atoms with Crippen LogP contribution >= 0.6 is 23.2 Å². The molecule has 0 fully saturated rings. The maximum absolute atomic E-state index is 12.1. The Balaban J connectivity index is 2.19. The molecule has 0 unspecified atom stereocenters. The Kier molecular flexibility index (Phi) is 4.52. The Morgan fingerprint density at radius 1 is 1.35 bits per heavy atom. The molecule has 0 aliphatic rings. The molecule has 0 saturated carbocycles. The molecule has 0 saturated heterocycles. The van der Waals surface area contributed by atoms with Crippen LogP contribution in [0, 0.1) is 0 Å². The van der Waals surface area contributed by atoms with Crippen LogP contribution in [0.15, 0.2) is 18.2 Å². The molecule has 7 heteroatoms. The van der Waals surface area contributed by atoms with Crippen LogP contribution in [0.5, 0.6) is 0 Å². The van der Waals surface area contributed by atoms with Crippen LogP contribution in [-0.2, 0) is 6.42 Å². The summed E-state index contributed by atoms with van der Waals surface area (Å²) in [5.74, 6) is -0.403. The summed E-state index contributed by atoms with van der Waals surface area (Å²) in [6.45, 7) is 2.02. The van der Waals surface area contributed by atoms with Gasteiger partial charge in [-0.15, -0.1) is 0 Å². The van der Waals surface area contributed by atoms with Crippen LogP contribution in [0.25, 0.3) is 0 Å². The van der Waals surface area contributed by atoms with Crippen molar-refractivity contribution in [2.75, 3.05) is 11.1 Å². The van der Waals surface area contributed by atoms with Gasteiger partial charge in [-0.3, -0.25) is 9.89 Å². The number of aromatic nitrogens is 2. The van der Waals surface area contributed by atoms with E-state index in [2.05, 4.69) is 15.5 Å². The van der Waals surface area contributed by atoms with E-state index in [0.29, 0.717) is 21.4 Å². The van der Waals surface area contributed by atoms with Crippen LogP contribution in [0.1, 0.15) is 29.5 Å². The van der Waals surface area contributed by atoms with E-state index < -0.39 is 5.91 Å². The van der Waals surface area contributed by atoms with Gasteiger partial charge in [0.05, 0.1) is 11.4 Å². The second-order valence-corrected chi connectivity index (χ2v) is 5.20. The number of anilines is 2. The Morgan fingerprint density at radius 2 is 2.00 bits per heavy atom. The second-order valence-electron chi connectivity index (χ2n) is 4.33. The third kappa shape index (κ3) is 3.23. The minimum absolute atomic E-state index is 0.171. The average Bonchev–Trinajstić information content (AvgIpc) is 2.70. The smallest absolute Gasteiger partial charge is 0.278 e. The Labute approximate surface area is 126 Å².